The number of rotatable bonds is 6. The van der Waals surface area contributed by atoms with Crippen molar-refractivity contribution in [3.63, 3.8) is 0 Å². The van der Waals surface area contributed by atoms with Gasteiger partial charge in [-0.25, -0.2) is 0 Å². The van der Waals surface area contributed by atoms with Crippen molar-refractivity contribution in [2.24, 2.45) is 0 Å². The Hall–Kier alpha value is -1.35. The van der Waals surface area contributed by atoms with Crippen LogP contribution >= 0.6 is 0 Å². The molecule has 0 unspecified atom stereocenters. The number of carbonyl (C=O) groups is 1. The minimum absolute atomic E-state index is 0.199. The number of hydrogen-bond donors (Lipinski definition) is 1. The second-order valence-corrected chi connectivity index (χ2v) is 4.00. The van der Waals surface area contributed by atoms with E-state index in [1.54, 1.807) is 0 Å². The van der Waals surface area contributed by atoms with Crippen molar-refractivity contribution in [3.05, 3.63) is 35.4 Å². The molecule has 0 amide bonds. The Morgan fingerprint density at radius 3 is 2.50 bits per heavy atom. The Balaban J connectivity index is 2.55. The zero-order chi connectivity index (χ0) is 12.0. The van der Waals surface area contributed by atoms with Crippen LogP contribution in [0.15, 0.2) is 24.3 Å². The van der Waals surface area contributed by atoms with Crippen molar-refractivity contribution in [3.8, 4) is 0 Å². The Bertz CT molecular complexity index is 350. The number of hydrogen-bond acceptors (Lipinski definition) is 2. The number of aliphatic carboxylic acids is 1. The van der Waals surface area contributed by atoms with E-state index in [-0.39, 0.29) is 6.42 Å². The summed E-state index contributed by atoms with van der Waals surface area (Å²) in [6, 6.07) is 8.30. The van der Waals surface area contributed by atoms with Crippen LogP contribution < -0.4 is 0 Å². The molecular weight excluding hydrogens is 202 g/mol. The molecule has 0 saturated carbocycles. The molecule has 0 saturated heterocycles. The van der Waals surface area contributed by atoms with E-state index in [9.17, 15) is 4.79 Å². The van der Waals surface area contributed by atoms with Crippen molar-refractivity contribution >= 4 is 5.97 Å². The number of nitrogens with zero attached hydrogens (tertiary/aromatic N) is 1. The third kappa shape index (κ3) is 4.03. The predicted molar refractivity (Wildman–Crippen MR) is 64.4 cm³/mol. The standard InChI is InChI=1S/C13H19NO2/c1-3-11-6-4-5-7-12(11)10-14(2)9-8-13(15)16/h4-7H,3,8-10H2,1-2H3,(H,15,16). The first kappa shape index (κ1) is 12.7. The number of benzene rings is 1. The summed E-state index contributed by atoms with van der Waals surface area (Å²) in [6.07, 6.45) is 1.22. The number of carboxylic acids is 1. The molecule has 0 radical (unpaired) electrons. The highest BCUT2D eigenvalue weighted by molar-refractivity contribution is 5.66. The molecule has 0 atom stereocenters. The van der Waals surface area contributed by atoms with Crippen molar-refractivity contribution in [2.75, 3.05) is 13.6 Å². The van der Waals surface area contributed by atoms with Gasteiger partial charge in [0, 0.05) is 13.1 Å². The molecule has 0 aromatic heterocycles. The van der Waals surface area contributed by atoms with Crippen molar-refractivity contribution in [1.29, 1.82) is 0 Å². The largest absolute Gasteiger partial charge is 0.481 e. The van der Waals surface area contributed by atoms with E-state index < -0.39 is 5.97 Å². The van der Waals surface area contributed by atoms with Crippen molar-refractivity contribution < 1.29 is 9.90 Å². The van der Waals surface area contributed by atoms with E-state index in [0.717, 1.165) is 13.0 Å². The normalized spacial score (nSPS) is 10.7. The molecule has 1 aromatic carbocycles. The van der Waals surface area contributed by atoms with E-state index in [2.05, 4.69) is 19.1 Å². The van der Waals surface area contributed by atoms with Gasteiger partial charge in [-0.15, -0.1) is 0 Å². The van der Waals surface area contributed by atoms with Crippen LogP contribution in [0.5, 0.6) is 0 Å². The molecule has 88 valence electrons. The lowest BCUT2D eigenvalue weighted by molar-refractivity contribution is -0.137. The van der Waals surface area contributed by atoms with Crippen molar-refractivity contribution in [1.82, 2.24) is 4.90 Å². The van der Waals surface area contributed by atoms with E-state index in [1.807, 2.05) is 24.1 Å². The molecule has 1 N–H and O–H groups in total. The number of aryl methyl sites for hydroxylation is 1. The maximum absolute atomic E-state index is 10.5. The van der Waals surface area contributed by atoms with E-state index in [0.29, 0.717) is 6.54 Å². The minimum Gasteiger partial charge on any atom is -0.481 e. The molecule has 0 aliphatic heterocycles. The highest BCUT2D eigenvalue weighted by atomic mass is 16.4. The Morgan fingerprint density at radius 1 is 1.31 bits per heavy atom. The zero-order valence-electron chi connectivity index (χ0n) is 9.94. The molecule has 1 aromatic rings. The van der Waals surface area contributed by atoms with Crippen LogP contribution in [0.25, 0.3) is 0 Å². The molecule has 1 rings (SSSR count). The van der Waals surface area contributed by atoms with Crippen LogP contribution in [0.1, 0.15) is 24.5 Å². The Labute approximate surface area is 96.7 Å². The Morgan fingerprint density at radius 2 is 1.94 bits per heavy atom. The number of carboxylic acid groups (broad SMARTS) is 1. The van der Waals surface area contributed by atoms with Gasteiger partial charge in [0.1, 0.15) is 0 Å². The van der Waals surface area contributed by atoms with Crippen LogP contribution in [-0.2, 0) is 17.8 Å². The molecule has 0 aliphatic rings. The van der Waals surface area contributed by atoms with Crippen molar-refractivity contribution in [2.45, 2.75) is 26.3 Å². The average molecular weight is 221 g/mol. The summed E-state index contributed by atoms with van der Waals surface area (Å²) in [5.74, 6) is -0.740. The minimum atomic E-state index is -0.740. The molecular formula is C13H19NO2. The summed E-state index contributed by atoms with van der Waals surface area (Å²) in [6.45, 7) is 3.54. The van der Waals surface area contributed by atoms with Gasteiger partial charge in [-0.3, -0.25) is 4.79 Å². The fraction of sp³-hybridized carbons (Fsp3) is 0.462. The van der Waals surface area contributed by atoms with E-state index in [4.69, 9.17) is 5.11 Å². The van der Waals surface area contributed by atoms with Gasteiger partial charge in [0.2, 0.25) is 0 Å². The van der Waals surface area contributed by atoms with Crippen LogP contribution in [-0.4, -0.2) is 29.6 Å². The summed E-state index contributed by atoms with van der Waals surface area (Å²) in [5.41, 5.74) is 2.63. The summed E-state index contributed by atoms with van der Waals surface area (Å²) in [4.78, 5) is 12.5. The zero-order valence-corrected chi connectivity index (χ0v) is 9.94. The maximum atomic E-state index is 10.5. The summed E-state index contributed by atoms with van der Waals surface area (Å²) >= 11 is 0. The fourth-order valence-corrected chi connectivity index (χ4v) is 1.71. The first-order valence-corrected chi connectivity index (χ1v) is 5.60. The van der Waals surface area contributed by atoms with Crippen LogP contribution in [0, 0.1) is 0 Å². The SMILES string of the molecule is CCc1ccccc1CN(C)CCC(=O)O. The lowest BCUT2D eigenvalue weighted by Gasteiger charge is -2.17. The molecule has 3 heteroatoms. The smallest absolute Gasteiger partial charge is 0.304 e. The first-order chi connectivity index (χ1) is 7.63. The van der Waals surface area contributed by atoms with Gasteiger partial charge in [-0.2, -0.15) is 0 Å². The molecule has 0 bridgehead atoms. The first-order valence-electron chi connectivity index (χ1n) is 5.60. The molecule has 0 fully saturated rings. The molecule has 0 spiro atoms. The van der Waals surface area contributed by atoms with Gasteiger partial charge >= 0.3 is 5.97 Å². The molecule has 0 heterocycles. The highest BCUT2D eigenvalue weighted by Gasteiger charge is 2.05. The third-order valence-electron chi connectivity index (χ3n) is 2.65. The van der Waals surface area contributed by atoms with E-state index >= 15 is 0 Å². The second-order valence-electron chi connectivity index (χ2n) is 4.00. The van der Waals surface area contributed by atoms with Gasteiger partial charge in [0.05, 0.1) is 6.42 Å². The maximum Gasteiger partial charge on any atom is 0.304 e. The lowest BCUT2D eigenvalue weighted by Crippen LogP contribution is -2.21. The second kappa shape index (κ2) is 6.28. The third-order valence-corrected chi connectivity index (χ3v) is 2.65. The van der Waals surface area contributed by atoms with E-state index in [1.165, 1.54) is 11.1 Å². The quantitative estimate of drug-likeness (QED) is 0.800. The fourth-order valence-electron chi connectivity index (χ4n) is 1.71. The van der Waals surface area contributed by atoms with Crippen LogP contribution in [0.4, 0.5) is 0 Å². The summed E-state index contributed by atoms with van der Waals surface area (Å²) in [5, 5.41) is 8.60. The van der Waals surface area contributed by atoms with Crippen LogP contribution in [0.2, 0.25) is 0 Å². The molecule has 3 nitrogen and oxygen atoms in total. The monoisotopic (exact) mass is 221 g/mol. The lowest BCUT2D eigenvalue weighted by atomic mass is 10.1. The van der Waals surface area contributed by atoms with Gasteiger partial charge in [-0.1, -0.05) is 31.2 Å². The van der Waals surface area contributed by atoms with Gasteiger partial charge in [0.15, 0.2) is 0 Å². The Kier molecular flexibility index (Phi) is 4.99. The average Bonchev–Trinajstić information content (AvgIpc) is 2.27. The van der Waals surface area contributed by atoms with Crippen LogP contribution in [0.3, 0.4) is 0 Å². The predicted octanol–water partition coefficient (Wildman–Crippen LogP) is 2.16. The topological polar surface area (TPSA) is 40.5 Å². The van der Waals surface area contributed by atoms with Gasteiger partial charge in [0.25, 0.3) is 0 Å². The van der Waals surface area contributed by atoms with Gasteiger partial charge < -0.3 is 10.0 Å². The van der Waals surface area contributed by atoms with Gasteiger partial charge in [-0.05, 0) is 24.6 Å². The molecule has 0 aliphatic carbocycles. The molecule has 16 heavy (non-hydrogen) atoms. The summed E-state index contributed by atoms with van der Waals surface area (Å²) in [7, 11) is 1.95. The summed E-state index contributed by atoms with van der Waals surface area (Å²) < 4.78 is 0. The highest BCUT2D eigenvalue weighted by Crippen LogP contribution is 2.11.